The van der Waals surface area contributed by atoms with E-state index in [4.69, 9.17) is 5.73 Å². The Labute approximate surface area is 114 Å². The number of carbonyl (C=O) groups excluding carboxylic acids is 1. The fourth-order valence-corrected chi connectivity index (χ4v) is 2.72. The standard InChI is InChI=1S/C15H22N2O2/c1-17(11-6-5-7-12(18)10-11)15(19)13-8-3-2-4-9-14(13)16/h5-7,10,13-14,18H,2-4,8-9,16H2,1H3. The topological polar surface area (TPSA) is 66.6 Å². The van der Waals surface area contributed by atoms with Gasteiger partial charge in [0.1, 0.15) is 5.75 Å². The van der Waals surface area contributed by atoms with Gasteiger partial charge in [-0.2, -0.15) is 0 Å². The quantitative estimate of drug-likeness (QED) is 0.803. The first-order valence-corrected chi connectivity index (χ1v) is 6.92. The van der Waals surface area contributed by atoms with Crippen molar-refractivity contribution in [3.63, 3.8) is 0 Å². The van der Waals surface area contributed by atoms with Crippen LogP contribution in [0.3, 0.4) is 0 Å². The van der Waals surface area contributed by atoms with E-state index in [1.54, 1.807) is 30.1 Å². The van der Waals surface area contributed by atoms with Crippen molar-refractivity contribution in [2.75, 3.05) is 11.9 Å². The number of hydrogen-bond acceptors (Lipinski definition) is 3. The molecule has 104 valence electrons. The van der Waals surface area contributed by atoms with Gasteiger partial charge in [-0.15, -0.1) is 0 Å². The van der Waals surface area contributed by atoms with Gasteiger partial charge in [-0.1, -0.05) is 25.3 Å². The van der Waals surface area contributed by atoms with Gasteiger partial charge in [-0.05, 0) is 25.0 Å². The van der Waals surface area contributed by atoms with Gasteiger partial charge in [0.15, 0.2) is 0 Å². The maximum Gasteiger partial charge on any atom is 0.231 e. The molecule has 1 amide bonds. The molecule has 1 aromatic rings. The molecule has 1 fully saturated rings. The Morgan fingerprint density at radius 2 is 2.05 bits per heavy atom. The Morgan fingerprint density at radius 3 is 2.79 bits per heavy atom. The van der Waals surface area contributed by atoms with Crippen LogP contribution in [0, 0.1) is 5.92 Å². The summed E-state index contributed by atoms with van der Waals surface area (Å²) in [4.78, 5) is 14.1. The lowest BCUT2D eigenvalue weighted by atomic mass is 9.94. The number of amides is 1. The van der Waals surface area contributed by atoms with Crippen LogP contribution in [-0.2, 0) is 4.79 Å². The minimum atomic E-state index is -0.102. The SMILES string of the molecule is CN(C(=O)C1CCCCCC1N)c1cccc(O)c1. The number of benzene rings is 1. The van der Waals surface area contributed by atoms with E-state index in [0.29, 0.717) is 5.69 Å². The summed E-state index contributed by atoms with van der Waals surface area (Å²) < 4.78 is 0. The second-order valence-electron chi connectivity index (χ2n) is 5.33. The lowest BCUT2D eigenvalue weighted by molar-refractivity contribution is -0.122. The summed E-state index contributed by atoms with van der Waals surface area (Å²) in [5, 5.41) is 9.49. The minimum Gasteiger partial charge on any atom is -0.508 e. The maximum atomic E-state index is 12.5. The van der Waals surface area contributed by atoms with Crippen molar-refractivity contribution >= 4 is 11.6 Å². The van der Waals surface area contributed by atoms with Gasteiger partial charge in [0, 0.05) is 24.8 Å². The number of rotatable bonds is 2. The fourth-order valence-electron chi connectivity index (χ4n) is 2.72. The summed E-state index contributed by atoms with van der Waals surface area (Å²) in [5.41, 5.74) is 6.84. The van der Waals surface area contributed by atoms with Gasteiger partial charge in [0.05, 0.1) is 5.92 Å². The Hall–Kier alpha value is -1.55. The number of nitrogens with two attached hydrogens (primary N) is 1. The van der Waals surface area contributed by atoms with Crippen LogP contribution < -0.4 is 10.6 Å². The van der Waals surface area contributed by atoms with E-state index in [2.05, 4.69) is 0 Å². The Balaban J connectivity index is 2.13. The van der Waals surface area contributed by atoms with E-state index < -0.39 is 0 Å². The van der Waals surface area contributed by atoms with Crippen LogP contribution in [0.2, 0.25) is 0 Å². The van der Waals surface area contributed by atoms with Gasteiger partial charge in [-0.3, -0.25) is 4.79 Å². The van der Waals surface area contributed by atoms with Gasteiger partial charge in [0.2, 0.25) is 5.91 Å². The maximum absolute atomic E-state index is 12.5. The largest absolute Gasteiger partial charge is 0.508 e. The first-order chi connectivity index (χ1) is 9.09. The van der Waals surface area contributed by atoms with E-state index >= 15 is 0 Å². The zero-order valence-corrected chi connectivity index (χ0v) is 11.4. The van der Waals surface area contributed by atoms with Crippen molar-refractivity contribution in [2.24, 2.45) is 11.7 Å². The number of hydrogen-bond donors (Lipinski definition) is 2. The van der Waals surface area contributed by atoms with Crippen molar-refractivity contribution in [1.82, 2.24) is 0 Å². The Morgan fingerprint density at radius 1 is 1.32 bits per heavy atom. The molecule has 0 radical (unpaired) electrons. The third-order valence-electron chi connectivity index (χ3n) is 3.93. The third kappa shape index (κ3) is 3.26. The summed E-state index contributed by atoms with van der Waals surface area (Å²) in [6.07, 6.45) is 5.12. The molecule has 4 heteroatoms. The number of aromatic hydroxyl groups is 1. The molecule has 1 aromatic carbocycles. The van der Waals surface area contributed by atoms with E-state index in [9.17, 15) is 9.90 Å². The smallest absolute Gasteiger partial charge is 0.231 e. The molecule has 2 rings (SSSR count). The van der Waals surface area contributed by atoms with Crippen molar-refractivity contribution in [3.8, 4) is 5.75 Å². The van der Waals surface area contributed by atoms with Crippen LogP contribution in [-0.4, -0.2) is 24.1 Å². The van der Waals surface area contributed by atoms with Crippen LogP contribution in [0.15, 0.2) is 24.3 Å². The lowest BCUT2D eigenvalue weighted by Crippen LogP contribution is -2.42. The van der Waals surface area contributed by atoms with Gasteiger partial charge in [0.25, 0.3) is 0 Å². The zero-order valence-electron chi connectivity index (χ0n) is 11.4. The number of phenols is 1. The third-order valence-corrected chi connectivity index (χ3v) is 3.93. The van der Waals surface area contributed by atoms with Gasteiger partial charge < -0.3 is 15.7 Å². The highest BCUT2D eigenvalue weighted by Crippen LogP contribution is 2.26. The molecule has 3 N–H and O–H groups in total. The van der Waals surface area contributed by atoms with E-state index in [-0.39, 0.29) is 23.6 Å². The molecule has 1 aliphatic rings. The zero-order chi connectivity index (χ0) is 13.8. The van der Waals surface area contributed by atoms with Crippen molar-refractivity contribution in [2.45, 2.75) is 38.1 Å². The highest BCUT2D eigenvalue weighted by molar-refractivity contribution is 5.95. The Bertz CT molecular complexity index is 448. The normalized spacial score (nSPS) is 23.7. The second kappa shape index (κ2) is 6.06. The molecular formula is C15H22N2O2. The van der Waals surface area contributed by atoms with Gasteiger partial charge >= 0.3 is 0 Å². The van der Waals surface area contributed by atoms with Crippen LogP contribution in [0.25, 0.3) is 0 Å². The van der Waals surface area contributed by atoms with Crippen LogP contribution in [0.1, 0.15) is 32.1 Å². The lowest BCUT2D eigenvalue weighted by Gasteiger charge is -2.26. The molecule has 0 heterocycles. The minimum absolute atomic E-state index is 0.0465. The van der Waals surface area contributed by atoms with Crippen LogP contribution in [0.4, 0.5) is 5.69 Å². The molecule has 0 spiro atoms. The summed E-state index contributed by atoms with van der Waals surface area (Å²) in [7, 11) is 1.74. The van der Waals surface area contributed by atoms with Crippen molar-refractivity contribution in [3.05, 3.63) is 24.3 Å². The fraction of sp³-hybridized carbons (Fsp3) is 0.533. The average Bonchev–Trinajstić information content (AvgIpc) is 2.62. The molecule has 2 atom stereocenters. The average molecular weight is 262 g/mol. The predicted octanol–water partition coefficient (Wildman–Crippen LogP) is 2.26. The molecule has 4 nitrogen and oxygen atoms in total. The highest BCUT2D eigenvalue weighted by Gasteiger charge is 2.29. The summed E-state index contributed by atoms with van der Waals surface area (Å²) in [5.74, 6) is 0.122. The van der Waals surface area contributed by atoms with Crippen molar-refractivity contribution in [1.29, 1.82) is 0 Å². The van der Waals surface area contributed by atoms with Crippen molar-refractivity contribution < 1.29 is 9.90 Å². The number of nitrogens with zero attached hydrogens (tertiary/aromatic N) is 1. The molecule has 0 aliphatic heterocycles. The van der Waals surface area contributed by atoms with E-state index in [1.807, 2.05) is 6.07 Å². The molecule has 1 aliphatic carbocycles. The Kier molecular flexibility index (Phi) is 4.43. The van der Waals surface area contributed by atoms with Crippen LogP contribution >= 0.6 is 0 Å². The molecule has 1 saturated carbocycles. The predicted molar refractivity (Wildman–Crippen MR) is 76.1 cm³/mol. The summed E-state index contributed by atoms with van der Waals surface area (Å²) in [6, 6.07) is 6.70. The monoisotopic (exact) mass is 262 g/mol. The molecule has 2 unspecified atom stereocenters. The van der Waals surface area contributed by atoms with Crippen LogP contribution in [0.5, 0.6) is 5.75 Å². The number of anilines is 1. The molecule has 19 heavy (non-hydrogen) atoms. The number of phenolic OH excluding ortho intramolecular Hbond substituents is 1. The summed E-state index contributed by atoms with van der Waals surface area (Å²) >= 11 is 0. The highest BCUT2D eigenvalue weighted by atomic mass is 16.3. The van der Waals surface area contributed by atoms with E-state index in [0.717, 1.165) is 32.1 Å². The molecule has 0 aromatic heterocycles. The second-order valence-corrected chi connectivity index (χ2v) is 5.33. The first kappa shape index (κ1) is 13.9. The molecule has 0 bridgehead atoms. The van der Waals surface area contributed by atoms with Gasteiger partial charge in [-0.25, -0.2) is 0 Å². The molecule has 0 saturated heterocycles. The first-order valence-electron chi connectivity index (χ1n) is 6.92. The molecular weight excluding hydrogens is 240 g/mol. The van der Waals surface area contributed by atoms with E-state index in [1.165, 1.54) is 0 Å². The number of carbonyl (C=O) groups is 1. The summed E-state index contributed by atoms with van der Waals surface area (Å²) in [6.45, 7) is 0.